The molecule has 29 heavy (non-hydrogen) atoms. The van der Waals surface area contributed by atoms with Crippen LogP contribution in [0, 0.1) is 0 Å². The van der Waals surface area contributed by atoms with Gasteiger partial charge in [-0.05, 0) is 54.4 Å². The fraction of sp³-hybridized carbons (Fsp3) is 0.136. The molecule has 0 atom stereocenters. The first-order valence-electron chi connectivity index (χ1n) is 9.07. The average Bonchev–Trinajstić information content (AvgIpc) is 3.39. The van der Waals surface area contributed by atoms with E-state index in [2.05, 4.69) is 5.10 Å². The van der Waals surface area contributed by atoms with Gasteiger partial charge in [0.1, 0.15) is 0 Å². The van der Waals surface area contributed by atoms with E-state index in [-0.39, 0.29) is 6.61 Å². The van der Waals surface area contributed by atoms with Crippen molar-refractivity contribution in [1.82, 2.24) is 14.3 Å². The molecule has 4 nitrogen and oxygen atoms in total. The van der Waals surface area contributed by atoms with E-state index in [4.69, 9.17) is 5.11 Å². The number of rotatable bonds is 5. The van der Waals surface area contributed by atoms with Crippen molar-refractivity contribution in [2.45, 2.75) is 12.6 Å². The van der Waals surface area contributed by atoms with E-state index in [1.54, 1.807) is 36.4 Å². The average molecular weight is 397 g/mol. The van der Waals surface area contributed by atoms with E-state index < -0.39 is 11.9 Å². The number of aromatic nitrogens is 3. The number of nitrogens with zero attached hydrogens (tertiary/aromatic N) is 3. The normalized spacial score (nSPS) is 11.7. The second-order valence-electron chi connectivity index (χ2n) is 6.60. The maximum Gasteiger partial charge on any atom is 0.435 e. The van der Waals surface area contributed by atoms with Gasteiger partial charge in [0, 0.05) is 30.3 Å². The topological polar surface area (TPSA) is 43.0 Å². The Morgan fingerprint density at radius 3 is 2.07 bits per heavy atom. The van der Waals surface area contributed by atoms with Crippen molar-refractivity contribution in [2.24, 2.45) is 0 Å². The monoisotopic (exact) mass is 397 g/mol. The molecule has 2 aromatic carbocycles. The van der Waals surface area contributed by atoms with E-state index >= 15 is 0 Å². The zero-order valence-corrected chi connectivity index (χ0v) is 15.3. The van der Waals surface area contributed by atoms with Crippen LogP contribution in [0.15, 0.2) is 79.1 Å². The lowest BCUT2D eigenvalue weighted by Gasteiger charge is -2.10. The summed E-state index contributed by atoms with van der Waals surface area (Å²) in [6.45, 7) is 0.0171. The van der Waals surface area contributed by atoms with E-state index in [0.717, 1.165) is 17.3 Å². The molecule has 0 unspecified atom stereocenters. The molecule has 7 heteroatoms. The van der Waals surface area contributed by atoms with Crippen LogP contribution in [-0.2, 0) is 12.6 Å². The van der Waals surface area contributed by atoms with Crippen molar-refractivity contribution < 1.29 is 18.3 Å². The SMILES string of the molecule is OCCc1ccc(-c2cc(C(F)(F)F)nn2-c2ccc(-n3cccc3)cc2)cc1. The first kappa shape index (κ1) is 19.0. The number of halogens is 3. The maximum atomic E-state index is 13.3. The van der Waals surface area contributed by atoms with Gasteiger partial charge in [0.15, 0.2) is 5.69 Å². The minimum atomic E-state index is -4.54. The van der Waals surface area contributed by atoms with Gasteiger partial charge in [-0.15, -0.1) is 0 Å². The van der Waals surface area contributed by atoms with Crippen LogP contribution in [0.25, 0.3) is 22.6 Å². The summed E-state index contributed by atoms with van der Waals surface area (Å²) in [6, 6.07) is 19.1. The molecular formula is C22H18F3N3O. The lowest BCUT2D eigenvalue weighted by Crippen LogP contribution is -2.07. The minimum absolute atomic E-state index is 0.0171. The lowest BCUT2D eigenvalue weighted by atomic mass is 10.1. The van der Waals surface area contributed by atoms with Gasteiger partial charge in [-0.1, -0.05) is 24.3 Å². The molecule has 0 aliphatic heterocycles. The third-order valence-electron chi connectivity index (χ3n) is 4.65. The summed E-state index contributed by atoms with van der Waals surface area (Å²) in [5, 5.41) is 12.9. The highest BCUT2D eigenvalue weighted by molar-refractivity contribution is 5.63. The molecule has 0 bridgehead atoms. The largest absolute Gasteiger partial charge is 0.435 e. The predicted octanol–water partition coefficient (Wildman–Crippen LogP) is 4.88. The Hall–Kier alpha value is -3.32. The number of aliphatic hydroxyl groups is 1. The number of hydrogen-bond acceptors (Lipinski definition) is 2. The molecule has 0 saturated heterocycles. The van der Waals surface area contributed by atoms with Gasteiger partial charge >= 0.3 is 6.18 Å². The van der Waals surface area contributed by atoms with E-state index in [1.165, 1.54) is 4.68 Å². The Bertz CT molecular complexity index is 1080. The number of alkyl halides is 3. The Morgan fingerprint density at radius 1 is 0.862 bits per heavy atom. The summed E-state index contributed by atoms with van der Waals surface area (Å²) in [5.41, 5.74) is 2.37. The van der Waals surface area contributed by atoms with Crippen LogP contribution in [-0.4, -0.2) is 26.1 Å². The van der Waals surface area contributed by atoms with E-state index in [1.807, 2.05) is 41.2 Å². The van der Waals surface area contributed by atoms with Gasteiger partial charge in [-0.25, -0.2) is 4.68 Å². The minimum Gasteiger partial charge on any atom is -0.396 e. The van der Waals surface area contributed by atoms with Crippen molar-refractivity contribution in [1.29, 1.82) is 0 Å². The molecular weight excluding hydrogens is 379 g/mol. The summed E-state index contributed by atoms with van der Waals surface area (Å²) < 4.78 is 43.2. The third kappa shape index (κ3) is 3.95. The molecule has 4 aromatic rings. The van der Waals surface area contributed by atoms with E-state index in [9.17, 15) is 13.2 Å². The standard InChI is InChI=1S/C22H18F3N3O/c23-22(24,25)21-15-20(17-5-3-16(4-6-17)11-14-29)28(26-21)19-9-7-18(8-10-19)27-12-1-2-13-27/h1-10,12-13,15,29H,11,14H2. The first-order chi connectivity index (χ1) is 14.0. The summed E-state index contributed by atoms with van der Waals surface area (Å²) >= 11 is 0. The Labute approximate surface area is 165 Å². The van der Waals surface area contributed by atoms with Gasteiger partial charge in [0.2, 0.25) is 0 Å². The molecule has 0 fully saturated rings. The highest BCUT2D eigenvalue weighted by Gasteiger charge is 2.35. The Balaban J connectivity index is 1.76. The molecule has 148 valence electrons. The second-order valence-corrected chi connectivity index (χ2v) is 6.60. The first-order valence-corrected chi connectivity index (χ1v) is 9.07. The molecule has 0 saturated carbocycles. The van der Waals surface area contributed by atoms with Crippen LogP contribution in [0.4, 0.5) is 13.2 Å². The van der Waals surface area contributed by atoms with Gasteiger partial charge < -0.3 is 9.67 Å². The van der Waals surface area contributed by atoms with E-state index in [0.29, 0.717) is 23.4 Å². The van der Waals surface area contributed by atoms with Crippen molar-refractivity contribution >= 4 is 0 Å². The number of benzene rings is 2. The number of aliphatic hydroxyl groups excluding tert-OH is 1. The molecule has 4 rings (SSSR count). The van der Waals surface area contributed by atoms with Crippen molar-refractivity contribution in [3.8, 4) is 22.6 Å². The highest BCUT2D eigenvalue weighted by Crippen LogP contribution is 2.33. The predicted molar refractivity (Wildman–Crippen MR) is 104 cm³/mol. The fourth-order valence-corrected chi connectivity index (χ4v) is 3.17. The van der Waals surface area contributed by atoms with Crippen LogP contribution >= 0.6 is 0 Å². The highest BCUT2D eigenvalue weighted by atomic mass is 19.4. The Morgan fingerprint density at radius 2 is 1.48 bits per heavy atom. The van der Waals surface area contributed by atoms with Crippen molar-refractivity contribution in [3.05, 3.63) is 90.4 Å². The van der Waals surface area contributed by atoms with Gasteiger partial charge in [0.25, 0.3) is 0 Å². The molecule has 2 heterocycles. The van der Waals surface area contributed by atoms with Crippen LogP contribution < -0.4 is 0 Å². The molecule has 2 aromatic heterocycles. The number of hydrogen-bond donors (Lipinski definition) is 1. The van der Waals surface area contributed by atoms with Gasteiger partial charge in [0.05, 0.1) is 11.4 Å². The maximum absolute atomic E-state index is 13.3. The Kier molecular flexibility index (Phi) is 4.98. The molecule has 0 amide bonds. The van der Waals surface area contributed by atoms with Gasteiger partial charge in [-0.2, -0.15) is 18.3 Å². The molecule has 0 aliphatic carbocycles. The fourth-order valence-electron chi connectivity index (χ4n) is 3.17. The van der Waals surface area contributed by atoms with Crippen molar-refractivity contribution in [3.63, 3.8) is 0 Å². The summed E-state index contributed by atoms with van der Waals surface area (Å²) in [5.74, 6) is 0. The van der Waals surface area contributed by atoms with Crippen molar-refractivity contribution in [2.75, 3.05) is 6.61 Å². The molecule has 0 spiro atoms. The van der Waals surface area contributed by atoms with Crippen LogP contribution in [0.3, 0.4) is 0 Å². The smallest absolute Gasteiger partial charge is 0.396 e. The van der Waals surface area contributed by atoms with Crippen LogP contribution in [0.1, 0.15) is 11.3 Å². The van der Waals surface area contributed by atoms with Crippen LogP contribution in [0.2, 0.25) is 0 Å². The molecule has 0 aliphatic rings. The third-order valence-corrected chi connectivity index (χ3v) is 4.65. The van der Waals surface area contributed by atoms with Crippen LogP contribution in [0.5, 0.6) is 0 Å². The second kappa shape index (κ2) is 7.60. The molecule has 0 radical (unpaired) electrons. The zero-order valence-electron chi connectivity index (χ0n) is 15.3. The van der Waals surface area contributed by atoms with Gasteiger partial charge in [-0.3, -0.25) is 0 Å². The zero-order chi connectivity index (χ0) is 20.4. The summed E-state index contributed by atoms with van der Waals surface area (Å²) in [7, 11) is 0. The molecule has 1 N–H and O–H groups in total. The quantitative estimate of drug-likeness (QED) is 0.521. The summed E-state index contributed by atoms with van der Waals surface area (Å²) in [4.78, 5) is 0. The summed E-state index contributed by atoms with van der Waals surface area (Å²) in [6.07, 6.45) is -0.260. The lowest BCUT2D eigenvalue weighted by molar-refractivity contribution is -0.141.